The van der Waals surface area contributed by atoms with Crippen LogP contribution in [0, 0.1) is 5.92 Å². The number of hydrogen-bond acceptors (Lipinski definition) is 6. The van der Waals surface area contributed by atoms with Crippen molar-refractivity contribution in [2.75, 3.05) is 0 Å². The van der Waals surface area contributed by atoms with Crippen LogP contribution in [0.4, 0.5) is 4.79 Å². The topological polar surface area (TPSA) is 123 Å². The number of nitrogens with one attached hydrogen (secondary N) is 3. The first-order chi connectivity index (χ1) is 15.4. The Morgan fingerprint density at radius 1 is 0.853 bits per heavy atom. The molecule has 9 heteroatoms. The number of esters is 1. The first-order valence-corrected chi connectivity index (χ1v) is 11.3. The second-order valence-corrected chi connectivity index (χ2v) is 10.6. The summed E-state index contributed by atoms with van der Waals surface area (Å²) >= 11 is 0. The van der Waals surface area contributed by atoms with E-state index in [1.807, 2.05) is 30.3 Å². The number of alkyl carbamates (subject to hydrolysis) is 1. The van der Waals surface area contributed by atoms with Gasteiger partial charge < -0.3 is 25.4 Å². The van der Waals surface area contributed by atoms with Crippen molar-refractivity contribution in [2.24, 2.45) is 5.92 Å². The largest absolute Gasteiger partial charge is 0.458 e. The lowest BCUT2D eigenvalue weighted by Crippen LogP contribution is -2.64. The van der Waals surface area contributed by atoms with Crippen LogP contribution in [-0.2, 0) is 30.5 Å². The van der Waals surface area contributed by atoms with Crippen LogP contribution in [-0.4, -0.2) is 46.6 Å². The lowest BCUT2D eigenvalue weighted by molar-refractivity contribution is -0.163. The molecule has 0 heterocycles. The molecule has 1 rings (SSSR count). The molecule has 190 valence electrons. The van der Waals surface area contributed by atoms with E-state index < -0.39 is 46.6 Å². The molecular formula is C25H39N3O6. The molecule has 0 radical (unpaired) electrons. The van der Waals surface area contributed by atoms with Gasteiger partial charge in [-0.05, 0) is 59.9 Å². The number of ether oxygens (including phenoxy) is 2. The van der Waals surface area contributed by atoms with Crippen molar-refractivity contribution in [1.82, 2.24) is 16.0 Å². The molecule has 1 aromatic carbocycles. The lowest BCUT2D eigenvalue weighted by atomic mass is 9.97. The number of hydrogen-bond donors (Lipinski definition) is 3. The Morgan fingerprint density at radius 3 is 1.91 bits per heavy atom. The Balaban J connectivity index is 2.78. The molecular weight excluding hydrogens is 438 g/mol. The standard InChI is InChI=1S/C25H39N3O6/c1-16(2)18(26-22(32)33-15-17-13-11-10-12-14-17)19(29)27-24(6,7)20(30)28-25(8,9)21(31)34-23(3,4)5/h10-14,16,18H,15H2,1-9H3,(H,26,32)(H,27,29)(H,28,30)/t18-/m0/s1. The molecule has 0 spiro atoms. The first kappa shape index (κ1) is 28.9. The number of carbonyl (C=O) groups is 4. The Hall–Kier alpha value is -3.10. The summed E-state index contributed by atoms with van der Waals surface area (Å²) in [4.78, 5) is 50.6. The van der Waals surface area contributed by atoms with Gasteiger partial charge in [-0.15, -0.1) is 0 Å². The van der Waals surface area contributed by atoms with Gasteiger partial charge in [0.25, 0.3) is 0 Å². The van der Waals surface area contributed by atoms with Gasteiger partial charge in [-0.1, -0.05) is 44.2 Å². The fourth-order valence-corrected chi connectivity index (χ4v) is 2.77. The summed E-state index contributed by atoms with van der Waals surface area (Å²) in [5, 5.41) is 7.85. The molecule has 0 saturated heterocycles. The van der Waals surface area contributed by atoms with Crippen LogP contribution in [0.5, 0.6) is 0 Å². The van der Waals surface area contributed by atoms with Crippen LogP contribution in [0.2, 0.25) is 0 Å². The minimum absolute atomic E-state index is 0.0623. The highest BCUT2D eigenvalue weighted by atomic mass is 16.6. The highest BCUT2D eigenvalue weighted by Gasteiger charge is 2.40. The van der Waals surface area contributed by atoms with E-state index in [9.17, 15) is 19.2 Å². The SMILES string of the molecule is CC(C)[C@H](NC(=O)OCc1ccccc1)C(=O)NC(C)(C)C(=O)NC(C)(C)C(=O)OC(C)(C)C. The Kier molecular flexibility index (Phi) is 9.66. The van der Waals surface area contributed by atoms with Crippen molar-refractivity contribution in [2.45, 2.75) is 91.6 Å². The molecule has 0 bridgehead atoms. The van der Waals surface area contributed by atoms with Crippen LogP contribution in [0.25, 0.3) is 0 Å². The third-order valence-electron chi connectivity index (χ3n) is 4.77. The van der Waals surface area contributed by atoms with Gasteiger partial charge in [0.2, 0.25) is 11.8 Å². The number of carbonyl (C=O) groups excluding carboxylic acids is 4. The molecule has 0 aliphatic heterocycles. The van der Waals surface area contributed by atoms with Gasteiger partial charge in [0.1, 0.15) is 29.3 Å². The average Bonchev–Trinajstić information content (AvgIpc) is 2.69. The zero-order chi connectivity index (χ0) is 26.3. The van der Waals surface area contributed by atoms with Crippen molar-refractivity contribution < 1.29 is 28.7 Å². The van der Waals surface area contributed by atoms with Gasteiger partial charge in [0, 0.05) is 0 Å². The van der Waals surface area contributed by atoms with Gasteiger partial charge in [-0.25, -0.2) is 9.59 Å². The van der Waals surface area contributed by atoms with E-state index >= 15 is 0 Å². The van der Waals surface area contributed by atoms with Gasteiger partial charge in [0.05, 0.1) is 0 Å². The first-order valence-electron chi connectivity index (χ1n) is 11.3. The number of amides is 3. The molecule has 0 unspecified atom stereocenters. The van der Waals surface area contributed by atoms with E-state index in [0.717, 1.165) is 5.56 Å². The Labute approximate surface area is 202 Å². The molecule has 0 aliphatic carbocycles. The molecule has 0 aromatic heterocycles. The zero-order valence-electron chi connectivity index (χ0n) is 21.7. The van der Waals surface area contributed by atoms with Gasteiger partial charge in [-0.3, -0.25) is 9.59 Å². The number of rotatable bonds is 9. The Morgan fingerprint density at radius 2 is 1.41 bits per heavy atom. The minimum atomic E-state index is -1.38. The van der Waals surface area contributed by atoms with Crippen molar-refractivity contribution >= 4 is 23.9 Å². The quantitative estimate of drug-likeness (QED) is 0.470. The summed E-state index contributed by atoms with van der Waals surface area (Å²) < 4.78 is 10.6. The second kappa shape index (κ2) is 11.4. The van der Waals surface area contributed by atoms with Crippen LogP contribution in [0.15, 0.2) is 30.3 Å². The fraction of sp³-hybridized carbons (Fsp3) is 0.600. The fourth-order valence-electron chi connectivity index (χ4n) is 2.77. The Bertz CT molecular complexity index is 872. The second-order valence-electron chi connectivity index (χ2n) is 10.6. The predicted molar refractivity (Wildman–Crippen MR) is 129 cm³/mol. The van der Waals surface area contributed by atoms with Crippen molar-refractivity contribution in [3.8, 4) is 0 Å². The summed E-state index contributed by atoms with van der Waals surface area (Å²) in [7, 11) is 0. The van der Waals surface area contributed by atoms with E-state index in [4.69, 9.17) is 9.47 Å². The molecule has 3 N–H and O–H groups in total. The van der Waals surface area contributed by atoms with E-state index in [-0.39, 0.29) is 12.5 Å². The van der Waals surface area contributed by atoms with Gasteiger partial charge >= 0.3 is 12.1 Å². The molecule has 9 nitrogen and oxygen atoms in total. The number of benzene rings is 1. The molecule has 3 amide bonds. The summed E-state index contributed by atoms with van der Waals surface area (Å²) in [6.45, 7) is 14.9. The van der Waals surface area contributed by atoms with Gasteiger partial charge in [0.15, 0.2) is 0 Å². The molecule has 0 aliphatic rings. The van der Waals surface area contributed by atoms with Crippen molar-refractivity contribution in [3.63, 3.8) is 0 Å². The third kappa shape index (κ3) is 9.41. The maximum absolute atomic E-state index is 12.9. The molecule has 34 heavy (non-hydrogen) atoms. The summed E-state index contributed by atoms with van der Waals surface area (Å²) in [6, 6.07) is 8.22. The van der Waals surface area contributed by atoms with E-state index in [1.165, 1.54) is 27.7 Å². The lowest BCUT2D eigenvalue weighted by Gasteiger charge is -2.34. The summed E-state index contributed by atoms with van der Waals surface area (Å²) in [6.07, 6.45) is -0.744. The van der Waals surface area contributed by atoms with Crippen LogP contribution >= 0.6 is 0 Å². The predicted octanol–water partition coefficient (Wildman–Crippen LogP) is 3.07. The summed E-state index contributed by atoms with van der Waals surface area (Å²) in [5.74, 6) is -2.01. The van der Waals surface area contributed by atoms with Crippen LogP contribution < -0.4 is 16.0 Å². The highest BCUT2D eigenvalue weighted by Crippen LogP contribution is 2.16. The highest BCUT2D eigenvalue weighted by molar-refractivity contribution is 5.96. The monoisotopic (exact) mass is 477 g/mol. The maximum Gasteiger partial charge on any atom is 0.408 e. The summed E-state index contributed by atoms with van der Waals surface area (Å²) in [5.41, 5.74) is -2.59. The average molecular weight is 478 g/mol. The third-order valence-corrected chi connectivity index (χ3v) is 4.77. The maximum atomic E-state index is 12.9. The van der Waals surface area contributed by atoms with Crippen LogP contribution in [0.3, 0.4) is 0 Å². The van der Waals surface area contributed by atoms with E-state index in [2.05, 4.69) is 16.0 Å². The van der Waals surface area contributed by atoms with Gasteiger partial charge in [-0.2, -0.15) is 0 Å². The molecule has 1 aromatic rings. The van der Waals surface area contributed by atoms with E-state index in [1.54, 1.807) is 34.6 Å². The normalized spacial score (nSPS) is 13.0. The molecule has 1 atom stereocenters. The minimum Gasteiger partial charge on any atom is -0.458 e. The molecule has 0 saturated carbocycles. The van der Waals surface area contributed by atoms with E-state index in [0.29, 0.717) is 0 Å². The zero-order valence-corrected chi connectivity index (χ0v) is 21.7. The van der Waals surface area contributed by atoms with Crippen molar-refractivity contribution in [3.05, 3.63) is 35.9 Å². The van der Waals surface area contributed by atoms with Crippen molar-refractivity contribution in [1.29, 1.82) is 0 Å². The van der Waals surface area contributed by atoms with Crippen LogP contribution in [0.1, 0.15) is 67.9 Å². The molecule has 0 fully saturated rings. The smallest absolute Gasteiger partial charge is 0.408 e.